The number of carboxylic acid groups (broad SMARTS) is 1. The second kappa shape index (κ2) is 11.8. The monoisotopic (exact) mass is 598 g/mol. The van der Waals surface area contributed by atoms with Crippen LogP contribution >= 0.6 is 0 Å². The second-order valence-electron chi connectivity index (χ2n) is 12.9. The minimum absolute atomic E-state index is 0.0137. The number of rotatable bonds is 6. The lowest BCUT2D eigenvalue weighted by Crippen LogP contribution is -2.64. The van der Waals surface area contributed by atoms with Crippen LogP contribution in [-0.2, 0) is 21.4 Å². The highest BCUT2D eigenvalue weighted by atomic mass is 19.1. The Balaban J connectivity index is 1.37. The maximum atomic E-state index is 14.4. The van der Waals surface area contributed by atoms with E-state index in [0.29, 0.717) is 49.7 Å². The molecule has 3 atom stereocenters. The normalized spacial score (nSPS) is 24.4. The molecule has 43 heavy (non-hydrogen) atoms. The fraction of sp³-hybridized carbons (Fsp3) is 0.548. The number of pyridine rings is 1. The Kier molecular flexibility index (Phi) is 8.45. The smallest absolute Gasteiger partial charge is 0.407 e. The van der Waals surface area contributed by atoms with Gasteiger partial charge < -0.3 is 19.8 Å². The Labute approximate surface area is 250 Å². The summed E-state index contributed by atoms with van der Waals surface area (Å²) in [6.45, 7) is 10.2. The largest absolute Gasteiger partial charge is 0.465 e. The molecule has 1 aromatic heterocycles. The summed E-state index contributed by atoms with van der Waals surface area (Å²) in [6.07, 6.45) is 0.862. The van der Waals surface area contributed by atoms with Crippen molar-refractivity contribution in [2.24, 2.45) is 0 Å². The molecule has 0 spiro atoms. The Morgan fingerprint density at radius 1 is 1.09 bits per heavy atom. The van der Waals surface area contributed by atoms with Gasteiger partial charge in [0, 0.05) is 86.2 Å². The lowest BCUT2D eigenvalue weighted by atomic mass is 9.88. The first kappa shape index (κ1) is 30.8. The predicted octanol–water partition coefficient (Wildman–Crippen LogP) is 2.79. The van der Waals surface area contributed by atoms with Gasteiger partial charge in [-0.05, 0) is 38.6 Å². The summed E-state index contributed by atoms with van der Waals surface area (Å²) in [5, 5.41) is 9.83. The van der Waals surface area contributed by atoms with Crippen LogP contribution in [0, 0.1) is 11.6 Å². The van der Waals surface area contributed by atoms with Gasteiger partial charge in [-0.2, -0.15) is 0 Å². The number of carbonyl (C=O) groups is 3. The van der Waals surface area contributed by atoms with Crippen LogP contribution in [0.15, 0.2) is 30.5 Å². The average Bonchev–Trinajstić information content (AvgIpc) is 3.20. The van der Waals surface area contributed by atoms with E-state index in [4.69, 9.17) is 0 Å². The number of piperazine rings is 2. The summed E-state index contributed by atoms with van der Waals surface area (Å²) in [6, 6.07) is 4.75. The van der Waals surface area contributed by atoms with E-state index in [1.807, 2.05) is 44.5 Å². The minimum atomic E-state index is -1.02. The summed E-state index contributed by atoms with van der Waals surface area (Å²) in [5.41, 5.74) is 2.12. The molecule has 1 aromatic carbocycles. The zero-order valence-electron chi connectivity index (χ0n) is 25.4. The fourth-order valence-electron chi connectivity index (χ4n) is 6.44. The lowest BCUT2D eigenvalue weighted by Gasteiger charge is -2.47. The molecule has 0 radical (unpaired) electrons. The van der Waals surface area contributed by atoms with Gasteiger partial charge >= 0.3 is 6.09 Å². The zero-order chi connectivity index (χ0) is 31.2. The topological polar surface area (TPSA) is 101 Å². The van der Waals surface area contributed by atoms with Gasteiger partial charge in [0.1, 0.15) is 11.6 Å². The van der Waals surface area contributed by atoms with Crippen LogP contribution < -0.4 is 4.90 Å². The Morgan fingerprint density at radius 3 is 2.53 bits per heavy atom. The van der Waals surface area contributed by atoms with Crippen LogP contribution in [0.25, 0.3) is 0 Å². The fourth-order valence-corrected chi connectivity index (χ4v) is 6.44. The van der Waals surface area contributed by atoms with Gasteiger partial charge in [-0.3, -0.25) is 24.4 Å². The van der Waals surface area contributed by atoms with Crippen molar-refractivity contribution in [1.29, 1.82) is 0 Å². The van der Waals surface area contributed by atoms with E-state index >= 15 is 0 Å². The summed E-state index contributed by atoms with van der Waals surface area (Å²) >= 11 is 0. The zero-order valence-corrected chi connectivity index (χ0v) is 25.4. The summed E-state index contributed by atoms with van der Waals surface area (Å²) in [7, 11) is 1.91. The van der Waals surface area contributed by atoms with Crippen molar-refractivity contribution < 1.29 is 28.3 Å². The SMILES string of the molecule is C[C@@H]1CN(CC(=O)N2CC(C)(C)c3cnc(Cc4ccc(F)cc4F)cc32)[C@@H](CN2C[C@H](C)N(C)CC2=O)CN1C(=O)O. The van der Waals surface area contributed by atoms with Crippen molar-refractivity contribution in [2.45, 2.75) is 57.7 Å². The Hall–Kier alpha value is -3.64. The van der Waals surface area contributed by atoms with Gasteiger partial charge in [0.05, 0.1) is 18.8 Å². The maximum absolute atomic E-state index is 14.4. The molecule has 4 heterocycles. The van der Waals surface area contributed by atoms with Crippen molar-refractivity contribution >= 4 is 23.6 Å². The third-order valence-electron chi connectivity index (χ3n) is 9.14. The van der Waals surface area contributed by atoms with Gasteiger partial charge in [-0.1, -0.05) is 19.9 Å². The number of fused-ring (bicyclic) bond motifs is 1. The molecule has 5 rings (SSSR count). The van der Waals surface area contributed by atoms with Crippen molar-refractivity contribution in [2.75, 3.05) is 57.8 Å². The molecule has 0 aliphatic carbocycles. The number of hydrogen-bond acceptors (Lipinski definition) is 6. The van der Waals surface area contributed by atoms with E-state index in [-0.39, 0.29) is 54.9 Å². The van der Waals surface area contributed by atoms with Crippen molar-refractivity contribution in [3.8, 4) is 0 Å². The van der Waals surface area contributed by atoms with E-state index < -0.39 is 17.7 Å². The highest BCUT2D eigenvalue weighted by molar-refractivity contribution is 5.97. The molecule has 12 heteroatoms. The van der Waals surface area contributed by atoms with E-state index in [0.717, 1.165) is 11.6 Å². The molecule has 3 aliphatic rings. The quantitative estimate of drug-likeness (QED) is 0.546. The molecule has 2 saturated heterocycles. The van der Waals surface area contributed by atoms with Crippen molar-refractivity contribution in [3.63, 3.8) is 0 Å². The number of carbonyl (C=O) groups excluding carboxylic acids is 2. The van der Waals surface area contributed by atoms with Crippen LogP contribution in [0.1, 0.15) is 44.5 Å². The van der Waals surface area contributed by atoms with Crippen molar-refractivity contribution in [3.05, 3.63) is 58.9 Å². The van der Waals surface area contributed by atoms with E-state index in [1.165, 1.54) is 17.0 Å². The third kappa shape index (κ3) is 6.35. The van der Waals surface area contributed by atoms with Gasteiger partial charge in [0.25, 0.3) is 0 Å². The maximum Gasteiger partial charge on any atom is 0.407 e. The molecule has 0 saturated carbocycles. The van der Waals surface area contributed by atoms with Gasteiger partial charge in [-0.25, -0.2) is 13.6 Å². The number of amides is 3. The molecule has 10 nitrogen and oxygen atoms in total. The van der Waals surface area contributed by atoms with Crippen LogP contribution in [0.2, 0.25) is 0 Å². The molecule has 0 bridgehead atoms. The second-order valence-corrected chi connectivity index (χ2v) is 12.9. The number of hydrogen-bond donors (Lipinski definition) is 1. The number of nitrogens with zero attached hydrogens (tertiary/aromatic N) is 6. The van der Waals surface area contributed by atoms with Crippen LogP contribution in [0.4, 0.5) is 19.3 Å². The molecule has 1 N–H and O–H groups in total. The van der Waals surface area contributed by atoms with Crippen molar-refractivity contribution in [1.82, 2.24) is 24.6 Å². The number of halogens is 2. The third-order valence-corrected chi connectivity index (χ3v) is 9.14. The molecular weight excluding hydrogens is 558 g/mol. The summed E-state index contributed by atoms with van der Waals surface area (Å²) in [4.78, 5) is 52.3. The average molecular weight is 599 g/mol. The first-order valence-corrected chi connectivity index (χ1v) is 14.7. The number of aromatic nitrogens is 1. The molecule has 3 amide bonds. The highest BCUT2D eigenvalue weighted by Crippen LogP contribution is 2.41. The molecular formula is C31H40F2N6O4. The van der Waals surface area contributed by atoms with Crippen LogP contribution in [0.5, 0.6) is 0 Å². The lowest BCUT2D eigenvalue weighted by molar-refractivity contribution is -0.139. The predicted molar refractivity (Wildman–Crippen MR) is 157 cm³/mol. The van der Waals surface area contributed by atoms with Crippen LogP contribution in [0.3, 0.4) is 0 Å². The van der Waals surface area contributed by atoms with Crippen LogP contribution in [-0.4, -0.2) is 119 Å². The first-order valence-electron chi connectivity index (χ1n) is 14.7. The molecule has 3 aliphatic heterocycles. The van der Waals surface area contributed by atoms with E-state index in [2.05, 4.69) is 4.98 Å². The van der Waals surface area contributed by atoms with Gasteiger partial charge in [-0.15, -0.1) is 0 Å². The summed E-state index contributed by atoms with van der Waals surface area (Å²) in [5.74, 6) is -1.45. The molecule has 0 unspecified atom stereocenters. The summed E-state index contributed by atoms with van der Waals surface area (Å²) < 4.78 is 27.8. The Morgan fingerprint density at radius 2 is 1.84 bits per heavy atom. The highest BCUT2D eigenvalue weighted by Gasteiger charge is 2.42. The van der Waals surface area contributed by atoms with E-state index in [9.17, 15) is 28.3 Å². The minimum Gasteiger partial charge on any atom is -0.465 e. The molecule has 232 valence electrons. The van der Waals surface area contributed by atoms with Gasteiger partial charge in [0.15, 0.2) is 0 Å². The molecule has 2 aromatic rings. The van der Waals surface area contributed by atoms with E-state index in [1.54, 1.807) is 22.1 Å². The van der Waals surface area contributed by atoms with Gasteiger partial charge in [0.2, 0.25) is 11.8 Å². The number of anilines is 1. The standard InChI is InChI=1S/C31H40F2N6O4/c1-19-12-37(28(40)16-35(19)5)14-24-15-38(30(42)43)20(2)13-36(24)17-29(41)39-18-31(3,4)25-11-34-23(10-27(25)39)8-21-6-7-22(32)9-26(21)33/h6-7,9-11,19-20,24H,8,12-18H2,1-5H3,(H,42,43)/t19-,20+,24-/m0/s1. The number of benzene rings is 1. The Bertz CT molecular complexity index is 1420. The first-order chi connectivity index (χ1) is 20.2. The molecule has 2 fully saturated rings. The number of likely N-dealkylation sites (N-methyl/N-ethyl adjacent to an activating group) is 1.